The summed E-state index contributed by atoms with van der Waals surface area (Å²) < 4.78 is 12.2. The van der Waals surface area contributed by atoms with Crippen molar-refractivity contribution in [2.75, 3.05) is 25.4 Å². The molecule has 0 fully saturated rings. The van der Waals surface area contributed by atoms with Crippen LogP contribution in [-0.4, -0.2) is 35.6 Å². The molecule has 6 heteroatoms. The van der Waals surface area contributed by atoms with Gasteiger partial charge in [-0.25, -0.2) is 0 Å². The van der Waals surface area contributed by atoms with Crippen LogP contribution in [0.2, 0.25) is 0 Å². The molecule has 2 aromatic rings. The average Bonchev–Trinajstić information content (AvgIpc) is 3.16. The third-order valence-electron chi connectivity index (χ3n) is 3.96. The molecule has 142 valence electrons. The lowest BCUT2D eigenvalue weighted by atomic mass is 9.92. The predicted octanol–water partition coefficient (Wildman–Crippen LogP) is 3.53. The molecule has 0 amide bonds. The van der Waals surface area contributed by atoms with E-state index >= 15 is 0 Å². The number of hydrogen-bond donors (Lipinski definition) is 2. The highest BCUT2D eigenvalue weighted by atomic mass is 32.2. The predicted molar refractivity (Wildman–Crippen MR) is 114 cm³/mol. The lowest BCUT2D eigenvalue weighted by molar-refractivity contribution is 0.548. The van der Waals surface area contributed by atoms with E-state index in [1.807, 2.05) is 30.3 Å². The van der Waals surface area contributed by atoms with Gasteiger partial charge in [0.15, 0.2) is 5.96 Å². The molecule has 0 saturated carbocycles. The zero-order valence-corrected chi connectivity index (χ0v) is 17.5. The van der Waals surface area contributed by atoms with Crippen molar-refractivity contribution in [3.8, 4) is 0 Å². The first kappa shape index (κ1) is 20.6. The highest BCUT2D eigenvalue weighted by molar-refractivity contribution is 7.84. The number of nitrogens with one attached hydrogen (secondary N) is 2. The minimum Gasteiger partial charge on any atom is -0.357 e. The van der Waals surface area contributed by atoms with E-state index in [-0.39, 0.29) is 5.41 Å². The minimum absolute atomic E-state index is 0.00659. The normalized spacial score (nSPS) is 13.4. The van der Waals surface area contributed by atoms with E-state index in [2.05, 4.69) is 48.9 Å². The standard InChI is InChI=1S/C20H29N3OS2/c1-4-21-19(23-16-20(2,3)18-11-8-13-25-18)22-12-14-26(24)15-17-9-6-5-7-10-17/h5-11,13H,4,12,14-16H2,1-3H3,(H2,21,22,23). The molecular weight excluding hydrogens is 362 g/mol. The first-order chi connectivity index (χ1) is 12.5. The maximum atomic E-state index is 12.2. The number of thiophene rings is 1. The van der Waals surface area contributed by atoms with E-state index in [0.717, 1.165) is 18.1 Å². The molecule has 0 bridgehead atoms. The molecule has 2 N–H and O–H groups in total. The van der Waals surface area contributed by atoms with Gasteiger partial charge < -0.3 is 10.6 Å². The van der Waals surface area contributed by atoms with Crippen molar-refractivity contribution in [1.82, 2.24) is 10.6 Å². The van der Waals surface area contributed by atoms with E-state index in [0.29, 0.717) is 24.6 Å². The van der Waals surface area contributed by atoms with E-state index in [1.165, 1.54) is 4.88 Å². The van der Waals surface area contributed by atoms with Crippen molar-refractivity contribution < 1.29 is 4.21 Å². The third-order valence-corrected chi connectivity index (χ3v) is 6.51. The highest BCUT2D eigenvalue weighted by Crippen LogP contribution is 2.27. The Bertz CT molecular complexity index is 697. The molecule has 1 unspecified atom stereocenters. The Morgan fingerprint density at radius 3 is 2.58 bits per heavy atom. The number of rotatable bonds is 9. The smallest absolute Gasteiger partial charge is 0.191 e. The van der Waals surface area contributed by atoms with Gasteiger partial charge in [-0.2, -0.15) is 0 Å². The number of nitrogens with zero attached hydrogens (tertiary/aromatic N) is 1. The second-order valence-electron chi connectivity index (χ2n) is 6.76. The van der Waals surface area contributed by atoms with Crippen LogP contribution in [-0.2, 0) is 22.0 Å². The number of hydrogen-bond acceptors (Lipinski definition) is 3. The fourth-order valence-electron chi connectivity index (χ4n) is 2.48. The van der Waals surface area contributed by atoms with E-state index in [9.17, 15) is 4.21 Å². The molecule has 4 nitrogen and oxygen atoms in total. The summed E-state index contributed by atoms with van der Waals surface area (Å²) >= 11 is 1.77. The van der Waals surface area contributed by atoms with Crippen LogP contribution in [0.4, 0.5) is 0 Å². The number of guanidine groups is 1. The molecule has 0 aliphatic rings. The van der Waals surface area contributed by atoms with E-state index in [4.69, 9.17) is 4.99 Å². The molecule has 0 aliphatic heterocycles. The van der Waals surface area contributed by atoms with Crippen LogP contribution >= 0.6 is 11.3 Å². The van der Waals surface area contributed by atoms with Crippen LogP contribution in [0.1, 0.15) is 31.2 Å². The molecule has 0 radical (unpaired) electrons. The summed E-state index contributed by atoms with van der Waals surface area (Å²) in [5.74, 6) is 1.99. The van der Waals surface area contributed by atoms with Crippen LogP contribution in [0.5, 0.6) is 0 Å². The molecule has 0 aliphatic carbocycles. The lowest BCUT2D eigenvalue weighted by Gasteiger charge is -2.21. The van der Waals surface area contributed by atoms with Gasteiger partial charge in [0, 0.05) is 45.7 Å². The molecule has 1 aromatic heterocycles. The van der Waals surface area contributed by atoms with Crippen molar-refractivity contribution >= 4 is 28.1 Å². The van der Waals surface area contributed by atoms with Crippen molar-refractivity contribution in [2.24, 2.45) is 4.99 Å². The zero-order chi connectivity index (χ0) is 18.8. The average molecular weight is 392 g/mol. The lowest BCUT2D eigenvalue weighted by Crippen LogP contribution is -2.40. The summed E-state index contributed by atoms with van der Waals surface area (Å²) in [6, 6.07) is 14.2. The van der Waals surface area contributed by atoms with Crippen LogP contribution in [0, 0.1) is 0 Å². The highest BCUT2D eigenvalue weighted by Gasteiger charge is 2.21. The van der Waals surface area contributed by atoms with Gasteiger partial charge in [0.2, 0.25) is 0 Å². The second kappa shape index (κ2) is 10.5. The van der Waals surface area contributed by atoms with Crippen molar-refractivity contribution in [3.05, 3.63) is 58.3 Å². The fraction of sp³-hybridized carbons (Fsp3) is 0.450. The molecule has 26 heavy (non-hydrogen) atoms. The Balaban J connectivity index is 1.82. The Hall–Kier alpha value is -1.66. The van der Waals surface area contributed by atoms with Gasteiger partial charge in [-0.3, -0.25) is 9.20 Å². The third kappa shape index (κ3) is 6.92. The van der Waals surface area contributed by atoms with Gasteiger partial charge in [0.05, 0.1) is 6.54 Å². The van der Waals surface area contributed by atoms with Gasteiger partial charge in [-0.15, -0.1) is 11.3 Å². The maximum absolute atomic E-state index is 12.2. The quantitative estimate of drug-likeness (QED) is 0.508. The molecule has 2 rings (SSSR count). The monoisotopic (exact) mass is 391 g/mol. The molecule has 0 spiro atoms. The largest absolute Gasteiger partial charge is 0.357 e. The Labute approximate surface area is 163 Å². The molecular formula is C20H29N3OS2. The molecule has 0 saturated heterocycles. The van der Waals surface area contributed by atoms with Gasteiger partial charge in [-0.05, 0) is 23.9 Å². The van der Waals surface area contributed by atoms with Crippen molar-refractivity contribution in [2.45, 2.75) is 31.9 Å². The van der Waals surface area contributed by atoms with E-state index in [1.54, 1.807) is 11.3 Å². The Kier molecular flexibility index (Phi) is 8.32. The van der Waals surface area contributed by atoms with Gasteiger partial charge in [0.1, 0.15) is 0 Å². The van der Waals surface area contributed by atoms with Crippen molar-refractivity contribution in [1.29, 1.82) is 0 Å². The first-order valence-electron chi connectivity index (χ1n) is 8.96. The molecule has 1 heterocycles. The van der Waals surface area contributed by atoms with Crippen LogP contribution in [0.25, 0.3) is 0 Å². The summed E-state index contributed by atoms with van der Waals surface area (Å²) in [5, 5.41) is 8.68. The number of aliphatic imine (C=N–C) groups is 1. The van der Waals surface area contributed by atoms with Crippen LogP contribution in [0.3, 0.4) is 0 Å². The van der Waals surface area contributed by atoms with Crippen LogP contribution in [0.15, 0.2) is 52.8 Å². The summed E-state index contributed by atoms with van der Waals surface area (Å²) in [7, 11) is -0.880. The van der Waals surface area contributed by atoms with Crippen LogP contribution < -0.4 is 10.6 Å². The van der Waals surface area contributed by atoms with Gasteiger partial charge in [0.25, 0.3) is 0 Å². The summed E-state index contributed by atoms with van der Waals surface area (Å²) in [6.07, 6.45) is 0. The Morgan fingerprint density at radius 1 is 1.15 bits per heavy atom. The van der Waals surface area contributed by atoms with Gasteiger partial charge in [-0.1, -0.05) is 50.2 Å². The Morgan fingerprint density at radius 2 is 1.92 bits per heavy atom. The first-order valence-corrected chi connectivity index (χ1v) is 11.3. The van der Waals surface area contributed by atoms with E-state index < -0.39 is 10.8 Å². The molecule has 1 aromatic carbocycles. The summed E-state index contributed by atoms with van der Waals surface area (Å²) in [6.45, 7) is 8.62. The molecule has 1 atom stereocenters. The number of benzene rings is 1. The zero-order valence-electron chi connectivity index (χ0n) is 15.8. The minimum atomic E-state index is -0.880. The maximum Gasteiger partial charge on any atom is 0.191 e. The van der Waals surface area contributed by atoms with Crippen molar-refractivity contribution in [3.63, 3.8) is 0 Å². The summed E-state index contributed by atoms with van der Waals surface area (Å²) in [5.41, 5.74) is 1.12. The SMILES string of the molecule is CCNC(=NCC(C)(C)c1cccs1)NCCS(=O)Cc1ccccc1. The second-order valence-corrected chi connectivity index (χ2v) is 9.28. The fourth-order valence-corrected chi connectivity index (χ4v) is 4.36. The topological polar surface area (TPSA) is 53.5 Å². The van der Waals surface area contributed by atoms with Gasteiger partial charge >= 0.3 is 0 Å². The summed E-state index contributed by atoms with van der Waals surface area (Å²) in [4.78, 5) is 6.06.